The van der Waals surface area contributed by atoms with Crippen LogP contribution >= 0.6 is 0 Å². The summed E-state index contributed by atoms with van der Waals surface area (Å²) in [5.74, 6) is 0.593. The van der Waals surface area contributed by atoms with Gasteiger partial charge >= 0.3 is 0 Å². The zero-order valence-corrected chi connectivity index (χ0v) is 12.5. The number of halogens is 1. The fourth-order valence-corrected chi connectivity index (χ4v) is 2.35. The fraction of sp³-hybridized carbons (Fsp3) is 0.562. The summed E-state index contributed by atoms with van der Waals surface area (Å²) in [5, 5.41) is 2.84. The molecule has 0 fully saturated rings. The largest absolute Gasteiger partial charge is 0.352 e. The molecule has 1 aromatic rings. The van der Waals surface area contributed by atoms with Crippen LogP contribution in [0.15, 0.2) is 18.2 Å². The molecule has 0 aliphatic heterocycles. The first-order valence-electron chi connectivity index (χ1n) is 6.87. The quantitative estimate of drug-likeness (QED) is 0.862. The van der Waals surface area contributed by atoms with E-state index < -0.39 is 5.82 Å². The van der Waals surface area contributed by atoms with Crippen molar-refractivity contribution in [2.45, 2.75) is 34.6 Å². The van der Waals surface area contributed by atoms with Crippen molar-refractivity contribution in [3.63, 3.8) is 0 Å². The Kier molecular flexibility index (Phi) is 5.52. The molecule has 0 unspecified atom stereocenters. The first-order chi connectivity index (χ1) is 8.82. The summed E-state index contributed by atoms with van der Waals surface area (Å²) >= 11 is 0. The molecule has 19 heavy (non-hydrogen) atoms. The molecular weight excluding hydrogens is 241 g/mol. The Balaban J connectivity index is 2.69. The van der Waals surface area contributed by atoms with Crippen molar-refractivity contribution < 1.29 is 9.18 Å². The highest BCUT2D eigenvalue weighted by atomic mass is 19.1. The number of carbonyl (C=O) groups is 1. The van der Waals surface area contributed by atoms with Crippen LogP contribution in [-0.4, -0.2) is 12.5 Å². The molecule has 1 aromatic carbocycles. The van der Waals surface area contributed by atoms with Gasteiger partial charge < -0.3 is 5.32 Å². The van der Waals surface area contributed by atoms with Gasteiger partial charge in [0.15, 0.2) is 0 Å². The molecule has 0 aliphatic rings. The topological polar surface area (TPSA) is 29.1 Å². The third-order valence-corrected chi connectivity index (χ3v) is 3.58. The van der Waals surface area contributed by atoms with Crippen LogP contribution in [0.4, 0.5) is 4.39 Å². The van der Waals surface area contributed by atoms with Crippen LogP contribution in [0.3, 0.4) is 0 Å². The lowest BCUT2D eigenvalue weighted by Gasteiger charge is -2.25. The molecule has 0 aromatic heterocycles. The van der Waals surface area contributed by atoms with Gasteiger partial charge in [0.25, 0.3) is 5.91 Å². The number of hydrogen-bond acceptors (Lipinski definition) is 1. The summed E-state index contributed by atoms with van der Waals surface area (Å²) in [6.45, 7) is 11.0. The van der Waals surface area contributed by atoms with E-state index in [1.54, 1.807) is 19.1 Å². The van der Waals surface area contributed by atoms with Gasteiger partial charge in [-0.15, -0.1) is 0 Å². The van der Waals surface area contributed by atoms with E-state index in [0.717, 1.165) is 5.56 Å². The molecule has 106 valence electrons. The molecule has 0 aliphatic carbocycles. The number of amides is 1. The summed E-state index contributed by atoms with van der Waals surface area (Å²) in [5.41, 5.74) is 0.938. The molecule has 0 atom stereocenters. The molecule has 3 heteroatoms. The Morgan fingerprint density at radius 2 is 1.79 bits per heavy atom. The zero-order chi connectivity index (χ0) is 14.6. The Hall–Kier alpha value is -1.38. The van der Waals surface area contributed by atoms with Crippen LogP contribution in [0.25, 0.3) is 0 Å². The van der Waals surface area contributed by atoms with Gasteiger partial charge in [-0.25, -0.2) is 4.39 Å². The van der Waals surface area contributed by atoms with Crippen molar-refractivity contribution >= 4 is 5.91 Å². The van der Waals surface area contributed by atoms with E-state index in [0.29, 0.717) is 24.3 Å². The second-order valence-corrected chi connectivity index (χ2v) is 5.85. The van der Waals surface area contributed by atoms with E-state index in [1.807, 2.05) is 0 Å². The standard InChI is InChI=1S/C16H24FNO/c1-10(2)14(11(3)4)9-18-16(19)13-7-6-12(5)8-15(13)17/h6-8,10-11,14H,9H2,1-5H3,(H,18,19). The minimum absolute atomic E-state index is 0.122. The molecule has 1 N–H and O–H groups in total. The minimum Gasteiger partial charge on any atom is -0.352 e. The van der Waals surface area contributed by atoms with Gasteiger partial charge in [0.1, 0.15) is 5.82 Å². The van der Waals surface area contributed by atoms with Crippen molar-refractivity contribution in [1.29, 1.82) is 0 Å². The predicted molar refractivity (Wildman–Crippen MR) is 76.6 cm³/mol. The Morgan fingerprint density at radius 1 is 1.21 bits per heavy atom. The second-order valence-electron chi connectivity index (χ2n) is 5.85. The fourth-order valence-electron chi connectivity index (χ4n) is 2.35. The summed E-state index contributed by atoms with van der Waals surface area (Å²) in [4.78, 5) is 12.0. The van der Waals surface area contributed by atoms with Crippen molar-refractivity contribution in [1.82, 2.24) is 5.32 Å². The molecular formula is C16H24FNO. The van der Waals surface area contributed by atoms with Gasteiger partial charge in [-0.3, -0.25) is 4.79 Å². The molecule has 1 amide bonds. The molecule has 0 radical (unpaired) electrons. The van der Waals surface area contributed by atoms with Gasteiger partial charge in [-0.2, -0.15) is 0 Å². The van der Waals surface area contributed by atoms with Crippen LogP contribution in [0.1, 0.15) is 43.6 Å². The monoisotopic (exact) mass is 265 g/mol. The van der Waals surface area contributed by atoms with Gasteiger partial charge in [0, 0.05) is 6.54 Å². The average molecular weight is 265 g/mol. The average Bonchev–Trinajstić information content (AvgIpc) is 2.27. The lowest BCUT2D eigenvalue weighted by Crippen LogP contribution is -2.34. The van der Waals surface area contributed by atoms with E-state index in [9.17, 15) is 9.18 Å². The predicted octanol–water partition coefficient (Wildman–Crippen LogP) is 3.79. The number of aryl methyl sites for hydroxylation is 1. The Bertz CT molecular complexity index is 432. The van der Waals surface area contributed by atoms with Crippen molar-refractivity contribution in [3.05, 3.63) is 35.1 Å². The molecule has 0 spiro atoms. The van der Waals surface area contributed by atoms with E-state index in [4.69, 9.17) is 0 Å². The SMILES string of the molecule is Cc1ccc(C(=O)NCC(C(C)C)C(C)C)c(F)c1. The first kappa shape index (κ1) is 15.7. The number of rotatable bonds is 5. The third-order valence-electron chi connectivity index (χ3n) is 3.58. The second kappa shape index (κ2) is 6.69. The van der Waals surface area contributed by atoms with Crippen LogP contribution in [0, 0.1) is 30.5 Å². The highest BCUT2D eigenvalue weighted by Crippen LogP contribution is 2.19. The number of benzene rings is 1. The molecule has 0 saturated heterocycles. The maximum Gasteiger partial charge on any atom is 0.254 e. The molecule has 0 heterocycles. The van der Waals surface area contributed by atoms with E-state index in [1.165, 1.54) is 6.07 Å². The molecule has 1 rings (SSSR count). The van der Waals surface area contributed by atoms with Crippen molar-refractivity contribution in [2.24, 2.45) is 17.8 Å². The van der Waals surface area contributed by atoms with E-state index in [2.05, 4.69) is 33.0 Å². The normalized spacial score (nSPS) is 11.4. The molecule has 0 saturated carbocycles. The smallest absolute Gasteiger partial charge is 0.254 e. The summed E-state index contributed by atoms with van der Waals surface area (Å²) < 4.78 is 13.7. The molecule has 0 bridgehead atoms. The van der Waals surface area contributed by atoms with Crippen molar-refractivity contribution in [2.75, 3.05) is 6.54 Å². The van der Waals surface area contributed by atoms with Crippen LogP contribution < -0.4 is 5.32 Å². The molecule has 2 nitrogen and oxygen atoms in total. The lowest BCUT2D eigenvalue weighted by atomic mass is 9.85. The highest BCUT2D eigenvalue weighted by molar-refractivity contribution is 5.94. The zero-order valence-electron chi connectivity index (χ0n) is 12.5. The van der Waals surface area contributed by atoms with Crippen LogP contribution in [-0.2, 0) is 0 Å². The number of carbonyl (C=O) groups excluding carboxylic acids is 1. The Labute approximate surface area is 115 Å². The lowest BCUT2D eigenvalue weighted by molar-refractivity contribution is 0.0933. The van der Waals surface area contributed by atoms with Gasteiger partial charge in [-0.05, 0) is 42.4 Å². The Morgan fingerprint density at radius 3 is 2.26 bits per heavy atom. The first-order valence-corrected chi connectivity index (χ1v) is 6.87. The van der Waals surface area contributed by atoms with E-state index >= 15 is 0 Å². The van der Waals surface area contributed by atoms with Gasteiger partial charge in [-0.1, -0.05) is 33.8 Å². The summed E-state index contributed by atoms with van der Waals surface area (Å²) in [6, 6.07) is 4.68. The van der Waals surface area contributed by atoms with Crippen LogP contribution in [0.5, 0.6) is 0 Å². The van der Waals surface area contributed by atoms with Gasteiger partial charge in [0.05, 0.1) is 5.56 Å². The van der Waals surface area contributed by atoms with E-state index in [-0.39, 0.29) is 11.5 Å². The summed E-state index contributed by atoms with van der Waals surface area (Å²) in [7, 11) is 0. The van der Waals surface area contributed by atoms with Crippen LogP contribution in [0.2, 0.25) is 0 Å². The summed E-state index contributed by atoms with van der Waals surface area (Å²) in [6.07, 6.45) is 0. The van der Waals surface area contributed by atoms with Crippen molar-refractivity contribution in [3.8, 4) is 0 Å². The number of hydrogen-bond donors (Lipinski definition) is 1. The minimum atomic E-state index is -0.455. The third kappa shape index (κ3) is 4.34. The van der Waals surface area contributed by atoms with Gasteiger partial charge in [0.2, 0.25) is 0 Å². The highest BCUT2D eigenvalue weighted by Gasteiger charge is 2.19. The maximum atomic E-state index is 13.7. The maximum absolute atomic E-state index is 13.7. The number of nitrogens with one attached hydrogen (secondary N) is 1.